The van der Waals surface area contributed by atoms with Crippen molar-refractivity contribution < 1.29 is 8.78 Å². The van der Waals surface area contributed by atoms with E-state index < -0.39 is 17.7 Å². The molecule has 2 rings (SSSR count). The molecule has 1 aromatic carbocycles. The first kappa shape index (κ1) is 13.6. The van der Waals surface area contributed by atoms with Crippen LogP contribution in [-0.4, -0.2) is 12.0 Å². The summed E-state index contributed by atoms with van der Waals surface area (Å²) in [6, 6.07) is 7.28. The predicted molar refractivity (Wildman–Crippen MR) is 70.8 cm³/mol. The third kappa shape index (κ3) is 3.15. The predicted octanol–water partition coefficient (Wildman–Crippen LogP) is 3.17. The van der Waals surface area contributed by atoms with Crippen LogP contribution in [0.2, 0.25) is 0 Å². The van der Waals surface area contributed by atoms with Crippen LogP contribution in [0.3, 0.4) is 0 Å². The molecule has 0 fully saturated rings. The Balaban J connectivity index is 2.27. The van der Waals surface area contributed by atoms with E-state index in [1.165, 1.54) is 18.2 Å². The molecule has 1 heterocycles. The van der Waals surface area contributed by atoms with Crippen LogP contribution in [0.4, 0.5) is 8.78 Å². The fourth-order valence-corrected chi connectivity index (χ4v) is 2.02. The van der Waals surface area contributed by atoms with Crippen LogP contribution < -0.4 is 5.32 Å². The maximum atomic E-state index is 13.8. The zero-order valence-corrected chi connectivity index (χ0v) is 11.0. The van der Waals surface area contributed by atoms with Crippen molar-refractivity contribution in [2.45, 2.75) is 19.4 Å². The highest BCUT2D eigenvalue weighted by Gasteiger charge is 2.19. The summed E-state index contributed by atoms with van der Waals surface area (Å²) in [7, 11) is 1.69. The molecule has 0 saturated heterocycles. The van der Waals surface area contributed by atoms with E-state index >= 15 is 0 Å². The van der Waals surface area contributed by atoms with E-state index in [9.17, 15) is 8.78 Å². The van der Waals surface area contributed by atoms with Crippen molar-refractivity contribution >= 4 is 0 Å². The molecule has 1 atom stereocenters. The summed E-state index contributed by atoms with van der Waals surface area (Å²) in [6.45, 7) is 1.95. The fraction of sp³-hybridized carbons (Fsp3) is 0.267. The number of pyridine rings is 1. The van der Waals surface area contributed by atoms with Gasteiger partial charge >= 0.3 is 0 Å². The number of aryl methyl sites for hydroxylation is 1. The molecule has 0 saturated carbocycles. The topological polar surface area (TPSA) is 24.9 Å². The minimum atomic E-state index is -0.536. The van der Waals surface area contributed by atoms with Crippen molar-refractivity contribution in [3.8, 4) is 0 Å². The fourth-order valence-electron chi connectivity index (χ4n) is 2.02. The van der Waals surface area contributed by atoms with Gasteiger partial charge in [-0.2, -0.15) is 0 Å². The maximum absolute atomic E-state index is 13.8. The van der Waals surface area contributed by atoms with Crippen molar-refractivity contribution in [1.29, 1.82) is 0 Å². The van der Waals surface area contributed by atoms with Gasteiger partial charge in [0.15, 0.2) is 0 Å². The van der Waals surface area contributed by atoms with Gasteiger partial charge in [-0.25, -0.2) is 8.78 Å². The lowest BCUT2D eigenvalue weighted by Gasteiger charge is -2.17. The summed E-state index contributed by atoms with van der Waals surface area (Å²) in [6.07, 6.45) is 2.19. The van der Waals surface area contributed by atoms with Gasteiger partial charge in [-0.1, -0.05) is 12.1 Å². The van der Waals surface area contributed by atoms with E-state index in [0.717, 1.165) is 11.3 Å². The van der Waals surface area contributed by atoms with Gasteiger partial charge in [0.1, 0.15) is 11.6 Å². The molecule has 2 nitrogen and oxygen atoms in total. The summed E-state index contributed by atoms with van der Waals surface area (Å²) in [5.74, 6) is -1.07. The van der Waals surface area contributed by atoms with Crippen LogP contribution in [0.15, 0.2) is 36.5 Å². The summed E-state index contributed by atoms with van der Waals surface area (Å²) in [4.78, 5) is 4.27. The highest BCUT2D eigenvalue weighted by Crippen LogP contribution is 2.23. The second-order valence-corrected chi connectivity index (χ2v) is 4.51. The van der Waals surface area contributed by atoms with Crippen LogP contribution in [0.1, 0.15) is 22.9 Å². The first-order valence-electron chi connectivity index (χ1n) is 6.14. The number of benzene rings is 1. The molecule has 0 aliphatic heterocycles. The standard InChI is InChI=1S/C15H16F2N2/c1-10-6-7-11(19-9-10)8-14(18-2)15-12(16)4-3-5-13(15)17/h3-7,9,14,18H,8H2,1-2H3. The number of halogens is 2. The van der Waals surface area contributed by atoms with Gasteiger partial charge in [0.25, 0.3) is 0 Å². The highest BCUT2D eigenvalue weighted by molar-refractivity contribution is 5.25. The molecule has 0 spiro atoms. The second-order valence-electron chi connectivity index (χ2n) is 4.51. The molecule has 0 bridgehead atoms. The number of nitrogens with zero attached hydrogens (tertiary/aromatic N) is 1. The van der Waals surface area contributed by atoms with E-state index in [1.54, 1.807) is 13.2 Å². The van der Waals surface area contributed by atoms with Crippen molar-refractivity contribution in [1.82, 2.24) is 10.3 Å². The van der Waals surface area contributed by atoms with Gasteiger partial charge in [-0.3, -0.25) is 4.98 Å². The van der Waals surface area contributed by atoms with Gasteiger partial charge in [0.2, 0.25) is 0 Å². The Morgan fingerprint density at radius 3 is 2.37 bits per heavy atom. The van der Waals surface area contributed by atoms with E-state index in [-0.39, 0.29) is 5.56 Å². The molecular formula is C15H16F2N2. The molecule has 2 aromatic rings. The number of likely N-dealkylation sites (N-methyl/N-ethyl adjacent to an activating group) is 1. The molecule has 0 aliphatic carbocycles. The minimum absolute atomic E-state index is 0.0624. The van der Waals surface area contributed by atoms with Crippen molar-refractivity contribution in [2.75, 3.05) is 7.05 Å². The Labute approximate surface area is 111 Å². The Kier molecular flexibility index (Phi) is 4.22. The lowest BCUT2D eigenvalue weighted by atomic mass is 10.0. The van der Waals surface area contributed by atoms with E-state index in [4.69, 9.17) is 0 Å². The SMILES string of the molecule is CNC(Cc1ccc(C)cn1)c1c(F)cccc1F. The van der Waals surface area contributed by atoms with Gasteiger partial charge in [0.05, 0.1) is 0 Å². The third-order valence-corrected chi connectivity index (χ3v) is 3.08. The molecule has 1 N–H and O–H groups in total. The zero-order valence-electron chi connectivity index (χ0n) is 11.0. The molecule has 0 aliphatic rings. The molecule has 0 radical (unpaired) electrons. The molecule has 19 heavy (non-hydrogen) atoms. The number of hydrogen-bond donors (Lipinski definition) is 1. The van der Waals surface area contributed by atoms with Crippen LogP contribution in [-0.2, 0) is 6.42 Å². The van der Waals surface area contributed by atoms with Crippen LogP contribution in [0.5, 0.6) is 0 Å². The summed E-state index contributed by atoms with van der Waals surface area (Å²) in [5, 5.41) is 2.94. The Bertz CT molecular complexity index is 532. The van der Waals surface area contributed by atoms with E-state index in [2.05, 4.69) is 10.3 Å². The van der Waals surface area contributed by atoms with Crippen LogP contribution in [0.25, 0.3) is 0 Å². The van der Waals surface area contributed by atoms with E-state index in [1.807, 2.05) is 19.1 Å². The maximum Gasteiger partial charge on any atom is 0.130 e. The van der Waals surface area contributed by atoms with Gasteiger partial charge in [-0.15, -0.1) is 0 Å². The van der Waals surface area contributed by atoms with Gasteiger partial charge in [-0.05, 0) is 37.7 Å². The Morgan fingerprint density at radius 2 is 1.84 bits per heavy atom. The Hall–Kier alpha value is -1.81. The monoisotopic (exact) mass is 262 g/mol. The van der Waals surface area contributed by atoms with Crippen molar-refractivity contribution in [2.24, 2.45) is 0 Å². The molecule has 100 valence electrons. The van der Waals surface area contributed by atoms with Crippen LogP contribution >= 0.6 is 0 Å². The number of rotatable bonds is 4. The first-order valence-corrected chi connectivity index (χ1v) is 6.14. The minimum Gasteiger partial charge on any atom is -0.312 e. The second kappa shape index (κ2) is 5.89. The Morgan fingerprint density at radius 1 is 1.16 bits per heavy atom. The molecule has 1 unspecified atom stereocenters. The summed E-state index contributed by atoms with van der Waals surface area (Å²) in [5.41, 5.74) is 1.92. The average molecular weight is 262 g/mol. The third-order valence-electron chi connectivity index (χ3n) is 3.08. The molecule has 4 heteroatoms. The van der Waals surface area contributed by atoms with Crippen molar-refractivity contribution in [3.05, 3.63) is 65.0 Å². The number of nitrogens with one attached hydrogen (secondary N) is 1. The van der Waals surface area contributed by atoms with Crippen molar-refractivity contribution in [3.63, 3.8) is 0 Å². The molecular weight excluding hydrogens is 246 g/mol. The average Bonchev–Trinajstić information content (AvgIpc) is 2.39. The smallest absolute Gasteiger partial charge is 0.130 e. The van der Waals surface area contributed by atoms with Crippen LogP contribution in [0, 0.1) is 18.6 Å². The normalized spacial score (nSPS) is 12.4. The van der Waals surface area contributed by atoms with E-state index in [0.29, 0.717) is 6.42 Å². The number of aromatic nitrogens is 1. The largest absolute Gasteiger partial charge is 0.312 e. The zero-order chi connectivity index (χ0) is 13.8. The lowest BCUT2D eigenvalue weighted by Crippen LogP contribution is -2.22. The van der Waals surface area contributed by atoms with Gasteiger partial charge < -0.3 is 5.32 Å². The first-order chi connectivity index (χ1) is 9.11. The molecule has 1 aromatic heterocycles. The molecule has 0 amide bonds. The van der Waals surface area contributed by atoms with Gasteiger partial charge in [0, 0.05) is 29.9 Å². The number of hydrogen-bond acceptors (Lipinski definition) is 2. The summed E-state index contributed by atoms with van der Waals surface area (Å²) >= 11 is 0. The lowest BCUT2D eigenvalue weighted by molar-refractivity contribution is 0.487. The quantitative estimate of drug-likeness (QED) is 0.915. The summed E-state index contributed by atoms with van der Waals surface area (Å²) < 4.78 is 27.5. The highest BCUT2D eigenvalue weighted by atomic mass is 19.1.